The monoisotopic (exact) mass is 487 g/mol. The fourth-order valence-electron chi connectivity index (χ4n) is 4.39. The number of hydrogen-bond donors (Lipinski definition) is 3. The van der Waals surface area contributed by atoms with Gasteiger partial charge in [0.25, 0.3) is 5.91 Å². The number of nitrogens with one attached hydrogen (secondary N) is 2. The van der Waals surface area contributed by atoms with Crippen LogP contribution in [0.5, 0.6) is 0 Å². The number of hydrogen-bond acceptors (Lipinski definition) is 5. The van der Waals surface area contributed by atoms with Gasteiger partial charge in [0.15, 0.2) is 5.65 Å². The molecule has 4 rings (SSSR count). The quantitative estimate of drug-likeness (QED) is 0.504. The van der Waals surface area contributed by atoms with Gasteiger partial charge in [-0.3, -0.25) is 9.59 Å². The van der Waals surface area contributed by atoms with Gasteiger partial charge in [-0.1, -0.05) is 11.6 Å². The van der Waals surface area contributed by atoms with Crippen LogP contribution in [0, 0.1) is 18.7 Å². The molecule has 1 fully saturated rings. The van der Waals surface area contributed by atoms with Crippen molar-refractivity contribution >= 4 is 34.7 Å². The summed E-state index contributed by atoms with van der Waals surface area (Å²) in [5, 5.41) is 20.6. The van der Waals surface area contributed by atoms with Crippen molar-refractivity contribution in [1.82, 2.24) is 19.9 Å². The van der Waals surface area contributed by atoms with Crippen LogP contribution in [0.15, 0.2) is 30.6 Å². The first kappa shape index (κ1) is 24.1. The van der Waals surface area contributed by atoms with Crippen LogP contribution >= 0.6 is 11.6 Å². The molecule has 0 atom stereocenters. The maximum absolute atomic E-state index is 13.2. The molecular formula is C24H27ClFN5O3. The van der Waals surface area contributed by atoms with E-state index < -0.39 is 11.4 Å². The first-order valence-corrected chi connectivity index (χ1v) is 11.6. The number of fused-ring (bicyclic) bond motifs is 1. The van der Waals surface area contributed by atoms with E-state index in [4.69, 9.17) is 11.6 Å². The number of benzene rings is 1. The minimum atomic E-state index is -1.08. The maximum Gasteiger partial charge on any atom is 0.256 e. The molecule has 0 radical (unpaired) electrons. The highest BCUT2D eigenvalue weighted by Gasteiger charge is 2.29. The zero-order valence-corrected chi connectivity index (χ0v) is 20.0. The van der Waals surface area contributed by atoms with Gasteiger partial charge in [0, 0.05) is 29.4 Å². The second kappa shape index (κ2) is 9.31. The average Bonchev–Trinajstić information content (AvgIpc) is 3.21. The number of aryl methyl sites for hydroxylation is 1. The number of nitrogens with zero attached hydrogens (tertiary/aromatic N) is 3. The van der Waals surface area contributed by atoms with Crippen molar-refractivity contribution in [3.8, 4) is 0 Å². The molecule has 0 saturated heterocycles. The zero-order valence-electron chi connectivity index (χ0n) is 19.2. The summed E-state index contributed by atoms with van der Waals surface area (Å²) in [6, 6.07) is 3.78. The van der Waals surface area contributed by atoms with Crippen LogP contribution < -0.4 is 10.6 Å². The summed E-state index contributed by atoms with van der Waals surface area (Å²) in [7, 11) is 0. The molecular weight excluding hydrogens is 461 g/mol. The molecule has 34 heavy (non-hydrogen) atoms. The first-order chi connectivity index (χ1) is 16.0. The van der Waals surface area contributed by atoms with Crippen molar-refractivity contribution in [1.29, 1.82) is 0 Å². The fraction of sp³-hybridized carbons (Fsp3) is 0.417. The van der Waals surface area contributed by atoms with E-state index in [0.717, 1.165) is 6.07 Å². The van der Waals surface area contributed by atoms with E-state index in [2.05, 4.69) is 20.7 Å². The van der Waals surface area contributed by atoms with Gasteiger partial charge in [-0.2, -0.15) is 5.10 Å². The maximum atomic E-state index is 13.2. The second-order valence-electron chi connectivity index (χ2n) is 9.25. The molecule has 0 aliphatic heterocycles. The number of carbonyl (C=O) groups is 2. The van der Waals surface area contributed by atoms with E-state index in [9.17, 15) is 19.1 Å². The standard InChI is InChI=1S/C24H27ClFN5O3/c1-13-18(24(2,3)34)12-27-21-17(11-28-31(13)21)23(33)29-16-7-4-14(5-8-16)22(32)30-20-9-6-15(26)10-19(20)25/h6,9-12,14,16,34H,4-5,7-8H2,1-3H3,(H,29,33)(H,30,32). The normalized spacial score (nSPS) is 18.6. The van der Waals surface area contributed by atoms with Crippen LogP contribution in [0.25, 0.3) is 5.65 Å². The SMILES string of the molecule is Cc1c(C(C)(C)O)cnc2c(C(=O)NC3CCC(C(=O)Nc4ccc(F)cc4Cl)CC3)cnn12. The highest BCUT2D eigenvalue weighted by Crippen LogP contribution is 2.29. The van der Waals surface area contributed by atoms with Crippen LogP contribution in [-0.4, -0.2) is 37.6 Å². The highest BCUT2D eigenvalue weighted by molar-refractivity contribution is 6.33. The van der Waals surface area contributed by atoms with Crippen molar-refractivity contribution < 1.29 is 19.1 Å². The molecule has 180 valence electrons. The summed E-state index contributed by atoms with van der Waals surface area (Å²) >= 11 is 6.00. The Hall–Kier alpha value is -3.04. The van der Waals surface area contributed by atoms with Crippen molar-refractivity contribution in [2.24, 2.45) is 5.92 Å². The Morgan fingerprint density at radius 3 is 2.56 bits per heavy atom. The third-order valence-corrected chi connectivity index (χ3v) is 6.61. The molecule has 3 N–H and O–H groups in total. The van der Waals surface area contributed by atoms with Gasteiger partial charge in [0.2, 0.25) is 5.91 Å². The van der Waals surface area contributed by atoms with Gasteiger partial charge in [-0.15, -0.1) is 0 Å². The van der Waals surface area contributed by atoms with E-state index in [-0.39, 0.29) is 28.8 Å². The summed E-state index contributed by atoms with van der Waals surface area (Å²) in [6.45, 7) is 5.16. The molecule has 2 heterocycles. The molecule has 0 unspecified atom stereocenters. The van der Waals surface area contributed by atoms with Crippen molar-refractivity contribution in [3.05, 3.63) is 58.3 Å². The largest absolute Gasteiger partial charge is 0.386 e. The van der Waals surface area contributed by atoms with Gasteiger partial charge < -0.3 is 15.7 Å². The summed E-state index contributed by atoms with van der Waals surface area (Å²) in [5.41, 5.74) is 1.43. The van der Waals surface area contributed by atoms with E-state index in [1.54, 1.807) is 24.6 Å². The van der Waals surface area contributed by atoms with E-state index >= 15 is 0 Å². The molecule has 2 amide bonds. The highest BCUT2D eigenvalue weighted by atomic mass is 35.5. The van der Waals surface area contributed by atoms with Crippen molar-refractivity contribution in [3.63, 3.8) is 0 Å². The van der Waals surface area contributed by atoms with E-state index in [1.165, 1.54) is 18.3 Å². The lowest BCUT2D eigenvalue weighted by Crippen LogP contribution is -2.39. The number of amides is 2. The minimum Gasteiger partial charge on any atom is -0.386 e. The lowest BCUT2D eigenvalue weighted by Gasteiger charge is -2.28. The minimum absolute atomic E-state index is 0.0716. The number of carbonyl (C=O) groups excluding carboxylic acids is 2. The van der Waals surface area contributed by atoms with Crippen LogP contribution in [0.3, 0.4) is 0 Å². The van der Waals surface area contributed by atoms with E-state index in [0.29, 0.717) is 53.8 Å². The topological polar surface area (TPSA) is 109 Å². The first-order valence-electron chi connectivity index (χ1n) is 11.2. The Bertz CT molecular complexity index is 1250. The summed E-state index contributed by atoms with van der Waals surface area (Å²) in [5.74, 6) is -1.11. The smallest absolute Gasteiger partial charge is 0.256 e. The number of aliphatic hydroxyl groups is 1. The lowest BCUT2D eigenvalue weighted by atomic mass is 9.85. The summed E-state index contributed by atoms with van der Waals surface area (Å²) in [6.07, 6.45) is 5.56. The Labute approximate surface area is 201 Å². The van der Waals surface area contributed by atoms with Gasteiger partial charge in [0.1, 0.15) is 11.4 Å². The molecule has 2 aromatic heterocycles. The third-order valence-electron chi connectivity index (χ3n) is 6.29. The van der Waals surface area contributed by atoms with Crippen molar-refractivity contribution in [2.75, 3.05) is 5.32 Å². The lowest BCUT2D eigenvalue weighted by molar-refractivity contribution is -0.120. The molecule has 0 spiro atoms. The van der Waals surface area contributed by atoms with Crippen LogP contribution in [0.2, 0.25) is 5.02 Å². The average molecular weight is 488 g/mol. The number of anilines is 1. The predicted molar refractivity (Wildman–Crippen MR) is 126 cm³/mol. The molecule has 1 aromatic carbocycles. The molecule has 10 heteroatoms. The molecule has 0 bridgehead atoms. The second-order valence-corrected chi connectivity index (χ2v) is 9.65. The molecule has 8 nitrogen and oxygen atoms in total. The third kappa shape index (κ3) is 4.90. The zero-order chi connectivity index (χ0) is 24.6. The van der Waals surface area contributed by atoms with E-state index in [1.807, 2.05) is 6.92 Å². The number of aromatic nitrogens is 3. The van der Waals surface area contributed by atoms with Gasteiger partial charge >= 0.3 is 0 Å². The van der Waals surface area contributed by atoms with Crippen LogP contribution in [0.1, 0.15) is 61.1 Å². The predicted octanol–water partition coefficient (Wildman–Crippen LogP) is 3.98. The van der Waals surface area contributed by atoms with Gasteiger partial charge in [-0.25, -0.2) is 13.9 Å². The Kier molecular flexibility index (Phi) is 6.60. The van der Waals surface area contributed by atoms with Crippen LogP contribution in [0.4, 0.5) is 10.1 Å². The van der Waals surface area contributed by atoms with Gasteiger partial charge in [0.05, 0.1) is 22.5 Å². The van der Waals surface area contributed by atoms with Crippen LogP contribution in [-0.2, 0) is 10.4 Å². The Morgan fingerprint density at radius 1 is 1.21 bits per heavy atom. The number of halogens is 2. The molecule has 1 aliphatic carbocycles. The molecule has 3 aromatic rings. The number of rotatable bonds is 5. The van der Waals surface area contributed by atoms with Crippen molar-refractivity contribution in [2.45, 2.75) is 58.1 Å². The van der Waals surface area contributed by atoms with Gasteiger partial charge in [-0.05, 0) is 64.7 Å². The molecule has 1 aliphatic rings. The summed E-state index contributed by atoms with van der Waals surface area (Å²) < 4.78 is 14.8. The Balaban J connectivity index is 1.37. The fourth-order valence-corrected chi connectivity index (χ4v) is 4.61. The molecule has 1 saturated carbocycles. The Morgan fingerprint density at radius 2 is 1.91 bits per heavy atom. The summed E-state index contributed by atoms with van der Waals surface area (Å²) in [4.78, 5) is 29.9.